The van der Waals surface area contributed by atoms with Gasteiger partial charge in [0.25, 0.3) is 10.1 Å². The molecule has 13 heteroatoms. The molecular weight excluding hydrogens is 855 g/mol. The van der Waals surface area contributed by atoms with E-state index < -0.39 is 25.0 Å². The van der Waals surface area contributed by atoms with Crippen LogP contribution in [-0.4, -0.2) is 65.6 Å². The normalized spacial score (nSPS) is 13.1. The van der Waals surface area contributed by atoms with E-state index in [2.05, 4.69) is 83.5 Å². The lowest BCUT2D eigenvalue weighted by Gasteiger charge is -2.24. The molecule has 1 aliphatic carbocycles. The SMILES string of the molecule is CCCCC(CC)CNS(=O)(=O)c1ccc(-c2c3ccc(=[N+](CC)CCCSc4ccccc4)cc-3oc3cc(N(CC)CCCSc4ccccc4)ccc23)c(S(=O)(=O)O)c1. The lowest BCUT2D eigenvalue weighted by molar-refractivity contribution is 0.443. The van der Waals surface area contributed by atoms with Crippen LogP contribution in [0.5, 0.6) is 0 Å². The average Bonchev–Trinajstić information content (AvgIpc) is 3.28. The van der Waals surface area contributed by atoms with Gasteiger partial charge in [-0.2, -0.15) is 8.42 Å². The maximum atomic E-state index is 13.7. The minimum Gasteiger partial charge on any atom is -0.456 e. The van der Waals surface area contributed by atoms with Crippen LogP contribution in [0, 0.1) is 5.92 Å². The summed E-state index contributed by atoms with van der Waals surface area (Å²) in [7, 11) is -9.01. The van der Waals surface area contributed by atoms with Crippen molar-refractivity contribution >= 4 is 60.3 Å². The van der Waals surface area contributed by atoms with Crippen LogP contribution in [0.25, 0.3) is 33.4 Å². The summed E-state index contributed by atoms with van der Waals surface area (Å²) < 4.78 is 76.5. The lowest BCUT2D eigenvalue weighted by atomic mass is 9.93. The Morgan fingerprint density at radius 3 is 2.06 bits per heavy atom. The Bertz CT molecular complexity index is 2650. The Kier molecular flexibility index (Phi) is 17.2. The van der Waals surface area contributed by atoms with E-state index in [9.17, 15) is 21.4 Å². The molecule has 62 heavy (non-hydrogen) atoms. The standard InChI is InChI=1S/C49H59N3O6S4/c1-5-9-18-37(6-2)36-50-61(53,54)42-25-28-45(48(35-42)62(55,56)57)49-43-26-23-38(51(7-3)29-16-31-59-40-19-12-10-13-20-40)33-46(43)58-47-34-39(24-27-44(47)49)52(8-4)30-17-32-60-41-21-14-11-15-22-41/h10-15,19-28,33-35,37,50H,5-9,16-18,29-32,36H2,1-4H3/p+1. The summed E-state index contributed by atoms with van der Waals surface area (Å²) in [5.41, 5.74) is 2.85. The van der Waals surface area contributed by atoms with Crippen LogP contribution in [-0.2, 0) is 20.1 Å². The van der Waals surface area contributed by atoms with E-state index in [1.807, 2.05) is 79.0 Å². The first-order valence-corrected chi connectivity index (χ1v) is 26.7. The molecule has 0 radical (unpaired) electrons. The number of hydrogen-bond acceptors (Lipinski definition) is 8. The molecule has 4 aromatic rings. The molecule has 0 aromatic heterocycles. The number of benzene rings is 5. The number of rotatable bonds is 23. The highest BCUT2D eigenvalue weighted by molar-refractivity contribution is 7.99. The fourth-order valence-electron chi connectivity index (χ4n) is 7.76. The van der Waals surface area contributed by atoms with Crippen molar-refractivity contribution in [2.24, 2.45) is 5.92 Å². The minimum absolute atomic E-state index is 0.152. The summed E-state index contributed by atoms with van der Waals surface area (Å²) >= 11 is 3.67. The first-order chi connectivity index (χ1) is 29.9. The van der Waals surface area contributed by atoms with E-state index in [4.69, 9.17) is 4.42 Å². The minimum atomic E-state index is -4.91. The predicted octanol–water partition coefficient (Wildman–Crippen LogP) is 10.9. The van der Waals surface area contributed by atoms with E-state index in [1.165, 1.54) is 21.9 Å². The molecule has 1 unspecified atom stereocenters. The van der Waals surface area contributed by atoms with Crippen LogP contribution in [0.1, 0.15) is 66.2 Å². The van der Waals surface area contributed by atoms with Crippen LogP contribution in [0.3, 0.4) is 0 Å². The van der Waals surface area contributed by atoms with E-state index in [-0.39, 0.29) is 22.9 Å². The summed E-state index contributed by atoms with van der Waals surface area (Å²) in [6.45, 7) is 11.8. The molecule has 0 fully saturated rings. The molecule has 0 saturated heterocycles. The highest BCUT2D eigenvalue weighted by Crippen LogP contribution is 2.43. The largest absolute Gasteiger partial charge is 0.456 e. The predicted molar refractivity (Wildman–Crippen MR) is 259 cm³/mol. The van der Waals surface area contributed by atoms with Crippen molar-refractivity contribution in [3.05, 3.63) is 121 Å². The Morgan fingerprint density at radius 2 is 1.44 bits per heavy atom. The summed E-state index contributed by atoms with van der Waals surface area (Å²) in [4.78, 5) is 4.06. The van der Waals surface area contributed by atoms with Gasteiger partial charge in [0.05, 0.1) is 11.0 Å². The van der Waals surface area contributed by atoms with Crippen molar-refractivity contribution in [3.8, 4) is 22.5 Å². The summed E-state index contributed by atoms with van der Waals surface area (Å²) in [6.07, 6.45) is 5.63. The van der Waals surface area contributed by atoms with Crippen LogP contribution in [0.2, 0.25) is 0 Å². The van der Waals surface area contributed by atoms with E-state index in [0.29, 0.717) is 27.9 Å². The fraction of sp³-hybridized carbons (Fsp3) is 0.367. The van der Waals surface area contributed by atoms with Crippen molar-refractivity contribution in [2.45, 2.75) is 85.8 Å². The van der Waals surface area contributed by atoms with Gasteiger partial charge in [0.1, 0.15) is 29.3 Å². The van der Waals surface area contributed by atoms with Crippen molar-refractivity contribution < 1.29 is 25.8 Å². The van der Waals surface area contributed by atoms with Crippen molar-refractivity contribution in [1.29, 1.82) is 0 Å². The monoisotopic (exact) mass is 914 g/mol. The zero-order chi connectivity index (χ0) is 44.1. The van der Waals surface area contributed by atoms with Gasteiger partial charge in [-0.1, -0.05) is 75.6 Å². The maximum absolute atomic E-state index is 13.7. The second kappa shape index (κ2) is 22.5. The van der Waals surface area contributed by atoms with Gasteiger partial charge in [-0.05, 0) is 93.0 Å². The molecule has 2 aliphatic rings. The second-order valence-electron chi connectivity index (χ2n) is 15.4. The Labute approximate surface area is 377 Å². The molecule has 9 nitrogen and oxygen atoms in total. The third kappa shape index (κ3) is 12.3. The van der Waals surface area contributed by atoms with Gasteiger partial charge >= 0.3 is 0 Å². The Balaban J connectivity index is 1.42. The molecule has 0 bridgehead atoms. The highest BCUT2D eigenvalue weighted by Gasteiger charge is 2.28. The number of unbranched alkanes of at least 4 members (excludes halogenated alkanes) is 1. The molecule has 0 spiro atoms. The van der Waals surface area contributed by atoms with Gasteiger partial charge < -0.3 is 9.32 Å². The second-order valence-corrected chi connectivity index (χ2v) is 20.9. The topological polar surface area (TPSA) is 120 Å². The smallest absolute Gasteiger partial charge is 0.295 e. The Morgan fingerprint density at radius 1 is 0.758 bits per heavy atom. The lowest BCUT2D eigenvalue weighted by Crippen LogP contribution is -2.31. The van der Waals surface area contributed by atoms with Gasteiger partial charge in [-0.15, -0.1) is 23.5 Å². The summed E-state index contributed by atoms with van der Waals surface area (Å²) in [5, 5.41) is 1.60. The van der Waals surface area contributed by atoms with Crippen molar-refractivity contribution in [1.82, 2.24) is 9.30 Å². The molecular formula is C49H60N3O6S4+. The molecule has 6 rings (SSSR count). The molecule has 330 valence electrons. The van der Waals surface area contributed by atoms with Crippen LogP contribution in [0.15, 0.2) is 139 Å². The van der Waals surface area contributed by atoms with Crippen LogP contribution < -0.4 is 19.6 Å². The van der Waals surface area contributed by atoms with Crippen molar-refractivity contribution in [2.75, 3.05) is 49.1 Å². The van der Waals surface area contributed by atoms with Gasteiger partial charge in [0, 0.05) is 81.5 Å². The van der Waals surface area contributed by atoms with Crippen molar-refractivity contribution in [3.63, 3.8) is 0 Å². The molecule has 0 amide bonds. The first-order valence-electron chi connectivity index (χ1n) is 21.8. The van der Waals surface area contributed by atoms with Crippen LogP contribution in [0.4, 0.5) is 5.69 Å². The summed E-state index contributed by atoms with van der Waals surface area (Å²) in [5.74, 6) is 2.62. The number of sulfonamides is 1. The van der Waals surface area contributed by atoms with E-state index in [0.717, 1.165) is 93.3 Å². The van der Waals surface area contributed by atoms with Crippen LogP contribution >= 0.6 is 23.5 Å². The third-order valence-electron chi connectivity index (χ3n) is 11.3. The zero-order valence-electron chi connectivity index (χ0n) is 36.3. The number of thioether (sulfide) groups is 2. The number of fused-ring (bicyclic) bond motifs is 2. The number of anilines is 1. The molecule has 1 atom stereocenters. The quantitative estimate of drug-likeness (QED) is 0.0213. The molecule has 4 aromatic carbocycles. The first kappa shape index (κ1) is 47.4. The third-order valence-corrected chi connectivity index (χ3v) is 15.8. The van der Waals surface area contributed by atoms with Gasteiger partial charge in [0.15, 0.2) is 0 Å². The van der Waals surface area contributed by atoms with Gasteiger partial charge in [0.2, 0.25) is 15.4 Å². The number of hydrogen-bond donors (Lipinski definition) is 2. The zero-order valence-corrected chi connectivity index (χ0v) is 39.5. The average molecular weight is 915 g/mol. The molecule has 2 N–H and O–H groups in total. The Hall–Kier alpha value is -4.11. The van der Waals surface area contributed by atoms with Gasteiger partial charge in [-0.25, -0.2) is 17.7 Å². The number of nitrogens with one attached hydrogen (secondary N) is 1. The maximum Gasteiger partial charge on any atom is 0.295 e. The van der Waals surface area contributed by atoms with E-state index >= 15 is 0 Å². The highest BCUT2D eigenvalue weighted by atomic mass is 32.2. The summed E-state index contributed by atoms with van der Waals surface area (Å²) in [6, 6.07) is 36.6. The molecule has 0 saturated carbocycles. The number of nitrogens with zero attached hydrogens (tertiary/aromatic N) is 2. The molecule has 1 heterocycles. The van der Waals surface area contributed by atoms with E-state index in [1.54, 1.807) is 0 Å². The fourth-order valence-corrected chi connectivity index (χ4v) is 11.4. The van der Waals surface area contributed by atoms with Gasteiger partial charge in [-0.3, -0.25) is 4.55 Å². The molecule has 1 aliphatic heterocycles.